The third-order valence-electron chi connectivity index (χ3n) is 5.84. The van der Waals surface area contributed by atoms with Crippen molar-refractivity contribution in [3.05, 3.63) is 41.7 Å². The fourth-order valence-electron chi connectivity index (χ4n) is 4.20. The first kappa shape index (κ1) is 20.4. The highest BCUT2D eigenvalue weighted by molar-refractivity contribution is 5.92. The first-order chi connectivity index (χ1) is 14.5. The number of benzene rings is 1. The normalized spacial score (nSPS) is 17.8. The Bertz CT molecular complexity index is 911. The number of ether oxygens (including phenoxy) is 1. The van der Waals surface area contributed by atoms with Crippen LogP contribution in [-0.2, 0) is 9.53 Å². The summed E-state index contributed by atoms with van der Waals surface area (Å²) >= 11 is 0. The van der Waals surface area contributed by atoms with E-state index in [-0.39, 0.29) is 17.9 Å². The summed E-state index contributed by atoms with van der Waals surface area (Å²) in [6.07, 6.45) is 1.39. The highest BCUT2D eigenvalue weighted by atomic mass is 16.5. The Morgan fingerprint density at radius 2 is 1.73 bits per heavy atom. The number of hydrogen-bond acceptors (Lipinski definition) is 4. The molecule has 2 aromatic rings. The Morgan fingerprint density at radius 3 is 2.40 bits per heavy atom. The molecule has 0 saturated carbocycles. The Labute approximate surface area is 176 Å². The highest BCUT2D eigenvalue weighted by Gasteiger charge is 2.31. The number of aryl methyl sites for hydroxylation is 2. The van der Waals surface area contributed by atoms with Crippen LogP contribution < -0.4 is 5.32 Å². The van der Waals surface area contributed by atoms with E-state index < -0.39 is 0 Å². The zero-order valence-electron chi connectivity index (χ0n) is 17.6. The van der Waals surface area contributed by atoms with Crippen molar-refractivity contribution < 1.29 is 14.3 Å². The minimum atomic E-state index is -0.138. The topological polar surface area (TPSA) is 79.7 Å². The second-order valence-corrected chi connectivity index (χ2v) is 7.99. The first-order valence-corrected chi connectivity index (χ1v) is 10.6. The van der Waals surface area contributed by atoms with Crippen LogP contribution >= 0.6 is 0 Å². The van der Waals surface area contributed by atoms with Gasteiger partial charge in [-0.25, -0.2) is 9.48 Å². The van der Waals surface area contributed by atoms with E-state index in [4.69, 9.17) is 4.74 Å². The molecule has 1 N–H and O–H groups in total. The molecule has 0 radical (unpaired) electrons. The van der Waals surface area contributed by atoms with Gasteiger partial charge in [0, 0.05) is 37.8 Å². The molecule has 8 nitrogen and oxygen atoms in total. The molecule has 1 aromatic carbocycles. The predicted octanol–water partition coefficient (Wildman–Crippen LogP) is 2.59. The number of carbonyl (C=O) groups excluding carboxylic acids is 2. The number of carbonyl (C=O) groups is 2. The molecule has 2 aliphatic heterocycles. The minimum absolute atomic E-state index is 0.00543. The largest absolute Gasteiger partial charge is 0.378 e. The van der Waals surface area contributed by atoms with Crippen molar-refractivity contribution in [3.8, 4) is 5.69 Å². The summed E-state index contributed by atoms with van der Waals surface area (Å²) < 4.78 is 7.18. The number of aromatic nitrogens is 2. The molecule has 0 spiro atoms. The quantitative estimate of drug-likeness (QED) is 0.842. The van der Waals surface area contributed by atoms with Crippen LogP contribution in [0.25, 0.3) is 5.69 Å². The molecule has 2 fully saturated rings. The number of nitrogens with zero attached hydrogens (tertiary/aromatic N) is 4. The molecule has 30 heavy (non-hydrogen) atoms. The highest BCUT2D eigenvalue weighted by Crippen LogP contribution is 2.24. The van der Waals surface area contributed by atoms with Crippen LogP contribution in [0.15, 0.2) is 30.3 Å². The van der Waals surface area contributed by atoms with Gasteiger partial charge in [0.1, 0.15) is 0 Å². The molecule has 4 rings (SSSR count). The lowest BCUT2D eigenvalue weighted by Crippen LogP contribution is -2.48. The summed E-state index contributed by atoms with van der Waals surface area (Å²) in [6.45, 7) is 7.67. The molecule has 2 aliphatic rings. The Balaban J connectivity index is 1.38. The van der Waals surface area contributed by atoms with Gasteiger partial charge < -0.3 is 19.9 Å². The predicted molar refractivity (Wildman–Crippen MR) is 114 cm³/mol. The van der Waals surface area contributed by atoms with Gasteiger partial charge >= 0.3 is 6.03 Å². The van der Waals surface area contributed by atoms with Crippen LogP contribution in [0.4, 0.5) is 10.5 Å². The molecule has 3 amide bonds. The summed E-state index contributed by atoms with van der Waals surface area (Å²) in [7, 11) is 0. The van der Waals surface area contributed by atoms with Gasteiger partial charge in [-0.05, 0) is 44.9 Å². The lowest BCUT2D eigenvalue weighted by molar-refractivity contribution is -0.140. The van der Waals surface area contributed by atoms with Crippen molar-refractivity contribution in [1.82, 2.24) is 19.6 Å². The van der Waals surface area contributed by atoms with E-state index in [0.717, 1.165) is 22.8 Å². The van der Waals surface area contributed by atoms with Gasteiger partial charge in [-0.1, -0.05) is 12.1 Å². The molecule has 8 heteroatoms. The number of likely N-dealkylation sites (tertiary alicyclic amines) is 1. The summed E-state index contributed by atoms with van der Waals surface area (Å²) in [4.78, 5) is 29.3. The molecule has 0 unspecified atom stereocenters. The van der Waals surface area contributed by atoms with E-state index in [1.54, 1.807) is 4.90 Å². The van der Waals surface area contributed by atoms with E-state index in [1.165, 1.54) is 0 Å². The number of urea groups is 1. The van der Waals surface area contributed by atoms with Crippen molar-refractivity contribution in [2.24, 2.45) is 5.92 Å². The lowest BCUT2D eigenvalue weighted by Gasteiger charge is -2.35. The van der Waals surface area contributed by atoms with Gasteiger partial charge in [-0.15, -0.1) is 0 Å². The number of hydrogen-bond donors (Lipinski definition) is 1. The second-order valence-electron chi connectivity index (χ2n) is 7.99. The lowest BCUT2D eigenvalue weighted by atomic mass is 9.95. The molecule has 2 saturated heterocycles. The van der Waals surface area contributed by atoms with Crippen LogP contribution in [0, 0.1) is 19.8 Å². The Morgan fingerprint density at radius 1 is 1.03 bits per heavy atom. The summed E-state index contributed by atoms with van der Waals surface area (Å²) in [5.41, 5.74) is 3.51. The van der Waals surface area contributed by atoms with E-state index in [9.17, 15) is 9.59 Å². The van der Waals surface area contributed by atoms with Crippen molar-refractivity contribution >= 4 is 17.6 Å². The fraction of sp³-hybridized carbons (Fsp3) is 0.500. The number of para-hydroxylation sites is 2. The summed E-state index contributed by atoms with van der Waals surface area (Å²) in [5, 5.41) is 7.57. The van der Waals surface area contributed by atoms with Crippen LogP contribution in [-0.4, -0.2) is 70.9 Å². The van der Waals surface area contributed by atoms with Crippen molar-refractivity contribution in [1.29, 1.82) is 0 Å². The van der Waals surface area contributed by atoms with Crippen LogP contribution in [0.2, 0.25) is 0 Å². The Kier molecular flexibility index (Phi) is 6.03. The smallest absolute Gasteiger partial charge is 0.321 e. The standard InChI is InChI=1S/C22H29N5O3/c1-16-15-17(2)27(24-16)20-6-4-3-5-19(20)23-22(29)26-9-7-18(8-10-26)21(28)25-11-13-30-14-12-25/h3-6,15,18H,7-14H2,1-2H3,(H,23,29). The number of morpholine rings is 1. The maximum atomic E-state index is 12.9. The molecule has 3 heterocycles. The van der Waals surface area contributed by atoms with E-state index in [2.05, 4.69) is 10.4 Å². The van der Waals surface area contributed by atoms with Gasteiger partial charge in [-0.2, -0.15) is 5.10 Å². The summed E-state index contributed by atoms with van der Waals surface area (Å²) in [6, 6.07) is 9.54. The van der Waals surface area contributed by atoms with E-state index in [0.29, 0.717) is 52.2 Å². The third-order valence-corrected chi connectivity index (χ3v) is 5.84. The summed E-state index contributed by atoms with van der Waals surface area (Å²) in [5.74, 6) is 0.197. The molecule has 0 bridgehead atoms. The van der Waals surface area contributed by atoms with E-state index in [1.807, 2.05) is 53.8 Å². The Hall–Kier alpha value is -2.87. The number of piperidine rings is 1. The van der Waals surface area contributed by atoms with Gasteiger partial charge in [0.25, 0.3) is 0 Å². The fourth-order valence-corrected chi connectivity index (χ4v) is 4.20. The zero-order chi connectivity index (χ0) is 21.1. The molecule has 0 atom stereocenters. The zero-order valence-corrected chi connectivity index (χ0v) is 17.6. The number of nitrogens with one attached hydrogen (secondary N) is 1. The molecular weight excluding hydrogens is 382 g/mol. The van der Waals surface area contributed by atoms with Crippen molar-refractivity contribution in [2.75, 3.05) is 44.7 Å². The van der Waals surface area contributed by atoms with Gasteiger partial charge in [0.05, 0.1) is 30.3 Å². The van der Waals surface area contributed by atoms with Crippen LogP contribution in [0.5, 0.6) is 0 Å². The molecule has 160 valence electrons. The average molecular weight is 412 g/mol. The van der Waals surface area contributed by atoms with Crippen LogP contribution in [0.1, 0.15) is 24.2 Å². The SMILES string of the molecule is Cc1cc(C)n(-c2ccccc2NC(=O)N2CCC(C(=O)N3CCOCC3)CC2)n1. The molecular formula is C22H29N5O3. The monoisotopic (exact) mass is 411 g/mol. The number of rotatable bonds is 3. The van der Waals surface area contributed by atoms with E-state index >= 15 is 0 Å². The molecule has 1 aromatic heterocycles. The van der Waals surface area contributed by atoms with Crippen molar-refractivity contribution in [3.63, 3.8) is 0 Å². The minimum Gasteiger partial charge on any atom is -0.378 e. The third kappa shape index (κ3) is 4.33. The number of anilines is 1. The van der Waals surface area contributed by atoms with Crippen molar-refractivity contribution in [2.45, 2.75) is 26.7 Å². The van der Waals surface area contributed by atoms with Gasteiger partial charge in [0.2, 0.25) is 5.91 Å². The maximum absolute atomic E-state index is 12.9. The van der Waals surface area contributed by atoms with Crippen LogP contribution in [0.3, 0.4) is 0 Å². The number of amides is 3. The average Bonchev–Trinajstić information content (AvgIpc) is 3.12. The second kappa shape index (κ2) is 8.87. The first-order valence-electron chi connectivity index (χ1n) is 10.6. The molecule has 0 aliphatic carbocycles. The maximum Gasteiger partial charge on any atom is 0.321 e. The van der Waals surface area contributed by atoms with Gasteiger partial charge in [-0.3, -0.25) is 4.79 Å². The van der Waals surface area contributed by atoms with Gasteiger partial charge in [0.15, 0.2) is 0 Å².